The lowest BCUT2D eigenvalue weighted by atomic mass is 9.99. The summed E-state index contributed by atoms with van der Waals surface area (Å²) in [6, 6.07) is 7.31. The number of para-hydroxylation sites is 1. The molecule has 3 heteroatoms. The first-order valence-corrected chi connectivity index (χ1v) is 5.55. The second-order valence-electron chi connectivity index (χ2n) is 4.00. The molecule has 1 aromatic rings. The van der Waals surface area contributed by atoms with Gasteiger partial charge in [-0.25, -0.2) is 0 Å². The number of carbonyl (C=O) groups excluding carboxylic acids is 1. The summed E-state index contributed by atoms with van der Waals surface area (Å²) in [7, 11) is 1.58. The molecule has 1 rings (SSSR count). The molecule has 0 aliphatic carbocycles. The maximum Gasteiger partial charge on any atom is 0.166 e. The summed E-state index contributed by atoms with van der Waals surface area (Å²) in [6.45, 7) is 2.68. The topological polar surface area (TPSA) is 52.3 Å². The fourth-order valence-corrected chi connectivity index (χ4v) is 1.51. The van der Waals surface area contributed by atoms with E-state index in [1.54, 1.807) is 19.2 Å². The molecule has 0 spiro atoms. The van der Waals surface area contributed by atoms with Gasteiger partial charge in [0.25, 0.3) is 0 Å². The molecule has 0 radical (unpaired) electrons. The van der Waals surface area contributed by atoms with Crippen LogP contribution in [0.3, 0.4) is 0 Å². The number of ether oxygens (including phenoxy) is 1. The van der Waals surface area contributed by atoms with Gasteiger partial charge < -0.3 is 10.5 Å². The minimum absolute atomic E-state index is 0.123. The van der Waals surface area contributed by atoms with Crippen molar-refractivity contribution >= 4 is 5.78 Å². The molecule has 2 N–H and O–H groups in total. The lowest BCUT2D eigenvalue weighted by Crippen LogP contribution is -2.12. The van der Waals surface area contributed by atoms with Crippen LogP contribution in [0.5, 0.6) is 5.75 Å². The average Bonchev–Trinajstić information content (AvgIpc) is 2.35. The second kappa shape index (κ2) is 6.28. The molecular weight excluding hydrogens is 202 g/mol. The fourth-order valence-electron chi connectivity index (χ4n) is 1.51. The van der Waals surface area contributed by atoms with Gasteiger partial charge in [0.15, 0.2) is 5.78 Å². The van der Waals surface area contributed by atoms with Crippen LogP contribution >= 0.6 is 0 Å². The van der Waals surface area contributed by atoms with E-state index in [-0.39, 0.29) is 5.78 Å². The van der Waals surface area contributed by atoms with Gasteiger partial charge >= 0.3 is 0 Å². The monoisotopic (exact) mass is 221 g/mol. The Hall–Kier alpha value is -1.35. The van der Waals surface area contributed by atoms with Crippen molar-refractivity contribution in [1.29, 1.82) is 0 Å². The predicted octanol–water partition coefficient (Wildman–Crippen LogP) is 2.25. The van der Waals surface area contributed by atoms with Gasteiger partial charge in [-0.05, 0) is 31.0 Å². The van der Waals surface area contributed by atoms with Crippen molar-refractivity contribution in [2.75, 3.05) is 13.7 Å². The maximum absolute atomic E-state index is 11.9. The zero-order valence-corrected chi connectivity index (χ0v) is 9.90. The van der Waals surface area contributed by atoms with Crippen LogP contribution in [0.25, 0.3) is 0 Å². The van der Waals surface area contributed by atoms with Crippen molar-refractivity contribution in [2.45, 2.75) is 19.8 Å². The molecule has 0 aliphatic rings. The Morgan fingerprint density at radius 1 is 1.44 bits per heavy atom. The van der Waals surface area contributed by atoms with Crippen LogP contribution in [0.2, 0.25) is 0 Å². The van der Waals surface area contributed by atoms with Crippen molar-refractivity contribution < 1.29 is 9.53 Å². The Kier molecular flexibility index (Phi) is 4.99. The Labute approximate surface area is 96.6 Å². The second-order valence-corrected chi connectivity index (χ2v) is 4.00. The minimum atomic E-state index is 0.123. The van der Waals surface area contributed by atoms with Crippen LogP contribution in [-0.4, -0.2) is 19.4 Å². The molecule has 0 aliphatic heterocycles. The van der Waals surface area contributed by atoms with Gasteiger partial charge in [0.05, 0.1) is 12.7 Å². The predicted molar refractivity (Wildman–Crippen MR) is 64.8 cm³/mol. The van der Waals surface area contributed by atoms with Gasteiger partial charge in [0.1, 0.15) is 5.75 Å². The number of hydrogen-bond acceptors (Lipinski definition) is 3. The van der Waals surface area contributed by atoms with E-state index in [2.05, 4.69) is 6.92 Å². The third kappa shape index (κ3) is 3.35. The number of Topliss-reactive ketones (excluding diaryl/α,β-unsaturated/α-hetero) is 1. The zero-order valence-electron chi connectivity index (χ0n) is 9.90. The molecule has 1 atom stereocenters. The first-order chi connectivity index (χ1) is 7.69. The van der Waals surface area contributed by atoms with Crippen molar-refractivity contribution in [3.05, 3.63) is 29.8 Å². The molecule has 3 nitrogen and oxygen atoms in total. The number of ketones is 1. The van der Waals surface area contributed by atoms with E-state index < -0.39 is 0 Å². The van der Waals surface area contributed by atoms with Crippen molar-refractivity contribution in [3.63, 3.8) is 0 Å². The van der Waals surface area contributed by atoms with Gasteiger partial charge in [-0.1, -0.05) is 19.1 Å². The highest BCUT2D eigenvalue weighted by atomic mass is 16.5. The van der Waals surface area contributed by atoms with Gasteiger partial charge in [0.2, 0.25) is 0 Å². The van der Waals surface area contributed by atoms with Gasteiger partial charge in [0, 0.05) is 6.42 Å². The average molecular weight is 221 g/mol. The number of methoxy groups -OCH3 is 1. The van der Waals surface area contributed by atoms with Crippen LogP contribution in [0.15, 0.2) is 24.3 Å². The Balaban J connectivity index is 2.65. The fraction of sp³-hybridized carbons (Fsp3) is 0.462. The van der Waals surface area contributed by atoms with Crippen LogP contribution in [0.4, 0.5) is 0 Å². The molecular formula is C13H19NO2. The summed E-state index contributed by atoms with van der Waals surface area (Å²) in [5.74, 6) is 1.16. The molecule has 1 aromatic carbocycles. The Bertz CT molecular complexity index is 350. The van der Waals surface area contributed by atoms with Crippen LogP contribution in [0, 0.1) is 5.92 Å². The molecule has 0 heterocycles. The molecule has 0 bridgehead atoms. The van der Waals surface area contributed by atoms with Gasteiger partial charge in [-0.3, -0.25) is 4.79 Å². The van der Waals surface area contributed by atoms with Crippen LogP contribution in [-0.2, 0) is 0 Å². The smallest absolute Gasteiger partial charge is 0.166 e. The van der Waals surface area contributed by atoms with Crippen molar-refractivity contribution in [3.8, 4) is 5.75 Å². The normalized spacial score (nSPS) is 12.2. The Morgan fingerprint density at radius 3 is 2.75 bits per heavy atom. The summed E-state index contributed by atoms with van der Waals surface area (Å²) in [5, 5.41) is 0. The summed E-state index contributed by atoms with van der Waals surface area (Å²) in [4.78, 5) is 11.9. The van der Waals surface area contributed by atoms with E-state index in [9.17, 15) is 4.79 Å². The molecule has 0 saturated carbocycles. The first kappa shape index (κ1) is 12.7. The van der Waals surface area contributed by atoms with Gasteiger partial charge in [-0.2, -0.15) is 0 Å². The zero-order chi connectivity index (χ0) is 12.0. The standard InChI is InChI=1S/C13H19NO2/c1-10(9-14)7-8-12(15)11-5-3-4-6-13(11)16-2/h3-6,10H,7-9,14H2,1-2H3. The first-order valence-electron chi connectivity index (χ1n) is 5.55. The number of hydrogen-bond donors (Lipinski definition) is 1. The summed E-state index contributed by atoms with van der Waals surface area (Å²) >= 11 is 0. The number of rotatable bonds is 6. The van der Waals surface area contributed by atoms with E-state index in [0.717, 1.165) is 6.42 Å². The quantitative estimate of drug-likeness (QED) is 0.750. The summed E-state index contributed by atoms with van der Waals surface area (Å²) in [6.07, 6.45) is 1.35. The third-order valence-corrected chi connectivity index (χ3v) is 2.67. The van der Waals surface area contributed by atoms with Crippen molar-refractivity contribution in [1.82, 2.24) is 0 Å². The van der Waals surface area contributed by atoms with Gasteiger partial charge in [-0.15, -0.1) is 0 Å². The van der Waals surface area contributed by atoms with E-state index >= 15 is 0 Å². The highest BCUT2D eigenvalue weighted by Gasteiger charge is 2.12. The molecule has 0 fully saturated rings. The lowest BCUT2D eigenvalue weighted by Gasteiger charge is -2.09. The molecule has 1 unspecified atom stereocenters. The summed E-state index contributed by atoms with van der Waals surface area (Å²) in [5.41, 5.74) is 6.18. The van der Waals surface area contributed by atoms with Crippen LogP contribution in [0.1, 0.15) is 30.1 Å². The van der Waals surface area contributed by atoms with E-state index in [4.69, 9.17) is 10.5 Å². The largest absolute Gasteiger partial charge is 0.496 e. The lowest BCUT2D eigenvalue weighted by molar-refractivity contribution is 0.0972. The SMILES string of the molecule is COc1ccccc1C(=O)CCC(C)CN. The maximum atomic E-state index is 11.9. The number of benzene rings is 1. The molecule has 88 valence electrons. The van der Waals surface area contributed by atoms with Crippen molar-refractivity contribution in [2.24, 2.45) is 11.7 Å². The highest BCUT2D eigenvalue weighted by molar-refractivity contribution is 5.98. The van der Waals surface area contributed by atoms with E-state index in [0.29, 0.717) is 30.2 Å². The minimum Gasteiger partial charge on any atom is -0.496 e. The number of carbonyl (C=O) groups is 1. The van der Waals surface area contributed by atoms with E-state index in [1.807, 2.05) is 12.1 Å². The number of nitrogens with two attached hydrogens (primary N) is 1. The molecule has 0 amide bonds. The summed E-state index contributed by atoms with van der Waals surface area (Å²) < 4.78 is 5.15. The van der Waals surface area contributed by atoms with Crippen LogP contribution < -0.4 is 10.5 Å². The molecule has 0 aromatic heterocycles. The Morgan fingerprint density at radius 2 is 2.12 bits per heavy atom. The molecule has 0 saturated heterocycles. The highest BCUT2D eigenvalue weighted by Crippen LogP contribution is 2.20. The third-order valence-electron chi connectivity index (χ3n) is 2.67. The van der Waals surface area contributed by atoms with E-state index in [1.165, 1.54) is 0 Å². The molecule has 16 heavy (non-hydrogen) atoms.